The fourth-order valence-corrected chi connectivity index (χ4v) is 1.35. The molecule has 0 aliphatic heterocycles. The van der Waals surface area contributed by atoms with Crippen molar-refractivity contribution in [2.24, 2.45) is 0 Å². The van der Waals surface area contributed by atoms with Gasteiger partial charge in [0.25, 0.3) is 0 Å². The molecule has 16 heavy (non-hydrogen) atoms. The summed E-state index contributed by atoms with van der Waals surface area (Å²) >= 11 is 4.53. The van der Waals surface area contributed by atoms with Gasteiger partial charge in [0.1, 0.15) is 8.07 Å². The van der Waals surface area contributed by atoms with Crippen LogP contribution in [0.2, 0.25) is 19.6 Å². The average molecular weight is 269 g/mol. The Morgan fingerprint density at radius 1 is 1.50 bits per heavy atom. The van der Waals surface area contributed by atoms with Crippen molar-refractivity contribution >= 4 is 25.6 Å². The number of carbonyl (C=O) groups is 1. The average Bonchev–Trinajstić information content (AvgIpc) is 2.08. The predicted molar refractivity (Wildman–Crippen MR) is 62.1 cm³/mol. The van der Waals surface area contributed by atoms with Gasteiger partial charge in [-0.05, 0) is 18.0 Å². The Labute approximate surface area is 100 Å². The third-order valence-electron chi connectivity index (χ3n) is 1.46. The Morgan fingerprint density at radius 3 is 2.31 bits per heavy atom. The van der Waals surface area contributed by atoms with Gasteiger partial charge in [-0.3, -0.25) is 0 Å². The van der Waals surface area contributed by atoms with Crippen LogP contribution in [0.4, 0.5) is 8.78 Å². The first-order chi connectivity index (χ1) is 7.06. The number of rotatable bonds is 3. The zero-order chi connectivity index (χ0) is 13.0. The summed E-state index contributed by atoms with van der Waals surface area (Å²) in [5.74, 6) is 0.945. The highest BCUT2D eigenvalue weighted by molar-refractivity contribution is 6.83. The molecule has 0 aromatic rings. The normalized spacial score (nSPS) is 13.7. The number of hydrogen-bond donors (Lipinski definition) is 0. The van der Waals surface area contributed by atoms with Gasteiger partial charge in [-0.1, -0.05) is 32.5 Å². The first kappa shape index (κ1) is 15.4. The standard InChI is InChI=1S/C10H15ClF2O2Si/c1-5-8(6-7-16(2,3)4)15-9(14)10(11,12)13/h8H,5H2,1-4H3. The first-order valence-electron chi connectivity index (χ1n) is 4.86. The Morgan fingerprint density at radius 2 is 2.00 bits per heavy atom. The van der Waals surface area contributed by atoms with E-state index in [1.165, 1.54) is 0 Å². The van der Waals surface area contributed by atoms with Crippen LogP contribution >= 0.6 is 11.6 Å². The van der Waals surface area contributed by atoms with E-state index in [0.717, 1.165) is 0 Å². The Hall–Kier alpha value is -0.603. The number of alkyl halides is 3. The van der Waals surface area contributed by atoms with Gasteiger partial charge in [-0.2, -0.15) is 8.78 Å². The fourth-order valence-electron chi connectivity index (χ4n) is 0.708. The third kappa shape index (κ3) is 6.80. The van der Waals surface area contributed by atoms with Crippen molar-refractivity contribution in [3.8, 4) is 11.5 Å². The molecule has 0 amide bonds. The number of carbonyl (C=O) groups excluding carboxylic acids is 1. The van der Waals surface area contributed by atoms with Crippen LogP contribution in [0, 0.1) is 11.5 Å². The molecule has 0 radical (unpaired) electrons. The maximum Gasteiger partial charge on any atom is 0.418 e. The summed E-state index contributed by atoms with van der Waals surface area (Å²) in [6, 6.07) is 0. The maximum atomic E-state index is 12.3. The largest absolute Gasteiger partial charge is 0.444 e. The quantitative estimate of drug-likeness (QED) is 0.340. The van der Waals surface area contributed by atoms with Crippen LogP contribution in [-0.2, 0) is 9.53 Å². The Balaban J connectivity index is 4.54. The van der Waals surface area contributed by atoms with Crippen LogP contribution < -0.4 is 0 Å². The van der Waals surface area contributed by atoms with E-state index >= 15 is 0 Å². The lowest BCUT2D eigenvalue weighted by Crippen LogP contribution is -2.29. The predicted octanol–water partition coefficient (Wildman–Crippen LogP) is 3.02. The summed E-state index contributed by atoms with van der Waals surface area (Å²) in [5.41, 5.74) is 2.95. The van der Waals surface area contributed by atoms with Gasteiger partial charge in [0.15, 0.2) is 6.10 Å². The van der Waals surface area contributed by atoms with Gasteiger partial charge >= 0.3 is 11.4 Å². The summed E-state index contributed by atoms with van der Waals surface area (Å²) < 4.78 is 29.2. The minimum Gasteiger partial charge on any atom is -0.444 e. The Kier molecular flexibility index (Phi) is 5.43. The fraction of sp³-hybridized carbons (Fsp3) is 0.700. The number of halogens is 3. The topological polar surface area (TPSA) is 26.3 Å². The lowest BCUT2D eigenvalue weighted by atomic mass is 10.3. The molecule has 2 nitrogen and oxygen atoms in total. The molecule has 1 atom stereocenters. The molecule has 6 heteroatoms. The van der Waals surface area contributed by atoms with E-state index < -0.39 is 25.5 Å². The van der Waals surface area contributed by atoms with E-state index in [1.54, 1.807) is 6.92 Å². The minimum atomic E-state index is -3.98. The van der Waals surface area contributed by atoms with Gasteiger partial charge in [-0.15, -0.1) is 5.54 Å². The minimum absolute atomic E-state index is 0.357. The highest BCUT2D eigenvalue weighted by Gasteiger charge is 2.39. The van der Waals surface area contributed by atoms with Crippen molar-refractivity contribution in [1.29, 1.82) is 0 Å². The lowest BCUT2D eigenvalue weighted by Gasteiger charge is -2.13. The van der Waals surface area contributed by atoms with E-state index in [4.69, 9.17) is 0 Å². The van der Waals surface area contributed by atoms with Crippen LogP contribution in [0.5, 0.6) is 0 Å². The number of hydrogen-bond acceptors (Lipinski definition) is 2. The van der Waals surface area contributed by atoms with Crippen LogP contribution in [0.1, 0.15) is 13.3 Å². The van der Waals surface area contributed by atoms with Crippen molar-refractivity contribution in [3.63, 3.8) is 0 Å². The van der Waals surface area contributed by atoms with Crippen molar-refractivity contribution in [2.45, 2.75) is 44.5 Å². The molecule has 0 N–H and O–H groups in total. The summed E-state index contributed by atoms with van der Waals surface area (Å²) in [6.07, 6.45) is -0.459. The molecule has 0 heterocycles. The molecule has 0 spiro atoms. The Bertz CT molecular complexity index is 309. The van der Waals surface area contributed by atoms with E-state index in [0.29, 0.717) is 6.42 Å². The summed E-state index contributed by atoms with van der Waals surface area (Å²) in [4.78, 5) is 10.8. The van der Waals surface area contributed by atoms with E-state index in [-0.39, 0.29) is 0 Å². The second kappa shape index (κ2) is 5.64. The van der Waals surface area contributed by atoms with Crippen LogP contribution in [0.3, 0.4) is 0 Å². The molecule has 92 valence electrons. The van der Waals surface area contributed by atoms with Gasteiger partial charge in [0, 0.05) is 0 Å². The summed E-state index contributed by atoms with van der Waals surface area (Å²) in [7, 11) is -1.61. The molecule has 0 aromatic carbocycles. The molecule has 0 fully saturated rings. The van der Waals surface area contributed by atoms with Gasteiger partial charge < -0.3 is 4.74 Å². The monoisotopic (exact) mass is 268 g/mol. The molecular formula is C10H15ClF2O2Si. The van der Waals surface area contributed by atoms with Gasteiger partial charge in [0.05, 0.1) is 0 Å². The molecule has 0 saturated carbocycles. The maximum absolute atomic E-state index is 12.3. The first-order valence-corrected chi connectivity index (χ1v) is 8.74. The second-order valence-electron chi connectivity index (χ2n) is 4.32. The van der Waals surface area contributed by atoms with E-state index in [2.05, 4.69) is 27.8 Å². The lowest BCUT2D eigenvalue weighted by molar-refractivity contribution is -0.164. The molecule has 1 unspecified atom stereocenters. The molecule has 0 aromatic heterocycles. The number of esters is 1. The SMILES string of the molecule is CCC(C#C[Si](C)(C)C)OC(=O)C(F)(F)Cl. The number of ether oxygens (including phenoxy) is 1. The highest BCUT2D eigenvalue weighted by atomic mass is 35.5. The van der Waals surface area contributed by atoms with Gasteiger partial charge in [-0.25, -0.2) is 4.79 Å². The van der Waals surface area contributed by atoms with Crippen molar-refractivity contribution < 1.29 is 18.3 Å². The van der Waals surface area contributed by atoms with Crippen molar-refractivity contribution in [3.05, 3.63) is 0 Å². The smallest absolute Gasteiger partial charge is 0.418 e. The zero-order valence-corrected chi connectivity index (χ0v) is 11.5. The molecule has 0 aliphatic carbocycles. The van der Waals surface area contributed by atoms with Crippen LogP contribution in [-0.4, -0.2) is 25.5 Å². The zero-order valence-electron chi connectivity index (χ0n) is 9.73. The third-order valence-corrected chi connectivity index (χ3v) is 2.51. The van der Waals surface area contributed by atoms with Crippen LogP contribution in [0.15, 0.2) is 0 Å². The van der Waals surface area contributed by atoms with E-state index in [1.807, 2.05) is 19.6 Å². The molecule has 0 rings (SSSR count). The second-order valence-corrected chi connectivity index (χ2v) is 9.54. The van der Waals surface area contributed by atoms with Gasteiger partial charge in [0.2, 0.25) is 0 Å². The summed E-state index contributed by atoms with van der Waals surface area (Å²) in [5, 5.41) is -3.98. The van der Waals surface area contributed by atoms with Crippen LogP contribution in [0.25, 0.3) is 0 Å². The highest BCUT2D eigenvalue weighted by Crippen LogP contribution is 2.21. The van der Waals surface area contributed by atoms with Crippen molar-refractivity contribution in [1.82, 2.24) is 0 Å². The summed E-state index contributed by atoms with van der Waals surface area (Å²) in [6.45, 7) is 7.71. The molecule has 0 saturated heterocycles. The molecular weight excluding hydrogens is 254 g/mol. The molecule has 0 aliphatic rings. The van der Waals surface area contributed by atoms with E-state index in [9.17, 15) is 13.6 Å². The molecule has 0 bridgehead atoms. The van der Waals surface area contributed by atoms with Crippen molar-refractivity contribution in [2.75, 3.05) is 0 Å².